The Morgan fingerprint density at radius 3 is 2.67 bits per heavy atom. The van der Waals surface area contributed by atoms with Crippen molar-refractivity contribution in [1.82, 2.24) is 4.57 Å². The zero-order valence-electron chi connectivity index (χ0n) is 21.2. The van der Waals surface area contributed by atoms with Crippen molar-refractivity contribution >= 4 is 29.1 Å². The second-order valence-corrected chi connectivity index (χ2v) is 9.59. The number of methoxy groups -OCH3 is 1. The van der Waals surface area contributed by atoms with Gasteiger partial charge in [0, 0.05) is 23.8 Å². The zero-order valence-corrected chi connectivity index (χ0v) is 22.1. The number of aromatic nitrogens is 1. The molecule has 10 nitrogen and oxygen atoms in total. The van der Waals surface area contributed by atoms with Gasteiger partial charge in [-0.3, -0.25) is 19.5 Å². The summed E-state index contributed by atoms with van der Waals surface area (Å²) in [5.74, 6) is 0.966. The number of allylic oxidation sites excluding steroid dienone is 1. The molecule has 0 N–H and O–H groups in total. The number of fused-ring (bicyclic) bond motifs is 1. The van der Waals surface area contributed by atoms with E-state index >= 15 is 0 Å². The Morgan fingerprint density at radius 1 is 1.21 bits per heavy atom. The van der Waals surface area contributed by atoms with Crippen molar-refractivity contribution in [2.24, 2.45) is 4.99 Å². The maximum absolute atomic E-state index is 13.7. The molecule has 0 bridgehead atoms. The number of non-ortho nitro benzene ring substituents is 1. The average molecular weight is 546 g/mol. The lowest BCUT2D eigenvalue weighted by Crippen LogP contribution is -2.39. The van der Waals surface area contributed by atoms with Crippen molar-refractivity contribution in [3.63, 3.8) is 0 Å². The van der Waals surface area contributed by atoms with Gasteiger partial charge in [-0.1, -0.05) is 23.5 Å². The number of hydrogen-bond acceptors (Lipinski definition) is 9. The topological polar surface area (TPSA) is 126 Å². The van der Waals surface area contributed by atoms with Crippen molar-refractivity contribution in [2.75, 3.05) is 13.7 Å². The number of nitrogens with zero attached hydrogens (tertiary/aromatic N) is 3. The molecule has 11 heteroatoms. The van der Waals surface area contributed by atoms with Gasteiger partial charge in [0.2, 0.25) is 0 Å². The molecule has 0 fully saturated rings. The van der Waals surface area contributed by atoms with Crippen LogP contribution in [0.4, 0.5) is 5.69 Å². The molecule has 3 heterocycles. The molecule has 198 valence electrons. The second-order valence-electron chi connectivity index (χ2n) is 8.58. The summed E-state index contributed by atoms with van der Waals surface area (Å²) in [6, 6.07) is 15.9. The Morgan fingerprint density at radius 2 is 1.97 bits per heavy atom. The molecule has 1 aliphatic rings. The summed E-state index contributed by atoms with van der Waals surface area (Å²) in [6.07, 6.45) is 1.62. The number of benzene rings is 2. The number of esters is 1. The summed E-state index contributed by atoms with van der Waals surface area (Å²) < 4.78 is 18.5. The lowest BCUT2D eigenvalue weighted by atomic mass is 9.95. The summed E-state index contributed by atoms with van der Waals surface area (Å²) in [6.45, 7) is 3.62. The third-order valence-corrected chi connectivity index (χ3v) is 7.17. The summed E-state index contributed by atoms with van der Waals surface area (Å²) >= 11 is 1.18. The van der Waals surface area contributed by atoms with Gasteiger partial charge < -0.3 is 13.9 Å². The van der Waals surface area contributed by atoms with Crippen LogP contribution in [0.3, 0.4) is 0 Å². The van der Waals surface area contributed by atoms with Crippen LogP contribution in [0.1, 0.15) is 31.2 Å². The Bertz CT molecular complexity index is 1800. The van der Waals surface area contributed by atoms with Crippen LogP contribution < -0.4 is 19.6 Å². The quantitative estimate of drug-likeness (QED) is 0.195. The molecule has 39 heavy (non-hydrogen) atoms. The molecular formula is C28H23N3O7S. The van der Waals surface area contributed by atoms with Crippen LogP contribution in [0.15, 0.2) is 86.1 Å². The molecule has 2 aromatic carbocycles. The monoisotopic (exact) mass is 545 g/mol. The van der Waals surface area contributed by atoms with E-state index in [4.69, 9.17) is 13.9 Å². The molecule has 2 aromatic heterocycles. The second kappa shape index (κ2) is 10.5. The van der Waals surface area contributed by atoms with E-state index in [1.165, 1.54) is 28.0 Å². The van der Waals surface area contributed by atoms with Crippen molar-refractivity contribution < 1.29 is 23.6 Å². The average Bonchev–Trinajstić information content (AvgIpc) is 3.52. The van der Waals surface area contributed by atoms with E-state index in [0.29, 0.717) is 43.4 Å². The fraction of sp³-hybridized carbons (Fsp3) is 0.179. The molecule has 0 saturated heterocycles. The number of carbonyl (C=O) groups excluding carboxylic acids is 1. The molecule has 0 aliphatic carbocycles. The molecule has 5 rings (SSSR count). The van der Waals surface area contributed by atoms with E-state index in [2.05, 4.69) is 4.99 Å². The van der Waals surface area contributed by atoms with Gasteiger partial charge in [-0.15, -0.1) is 0 Å². The normalized spacial score (nSPS) is 15.1. The SMILES string of the molecule is CCOC(=O)C1=C(C)N=c2s/c(=C\c3ccc(-c4ccc([N+](=O)[O-])cc4)o3)c(=O)n2[C@@H]1c1cccc(OC)c1. The Labute approximate surface area is 225 Å². The van der Waals surface area contributed by atoms with Crippen molar-refractivity contribution in [1.29, 1.82) is 0 Å². The molecule has 0 radical (unpaired) electrons. The maximum atomic E-state index is 13.7. The minimum atomic E-state index is -0.759. The number of nitro groups is 1. The molecule has 0 unspecified atom stereocenters. The summed E-state index contributed by atoms with van der Waals surface area (Å²) in [5.41, 5.74) is 1.73. The zero-order chi connectivity index (χ0) is 27.7. The van der Waals surface area contributed by atoms with Crippen molar-refractivity contribution in [3.8, 4) is 17.1 Å². The van der Waals surface area contributed by atoms with Gasteiger partial charge in [0.1, 0.15) is 17.3 Å². The van der Waals surface area contributed by atoms with E-state index in [-0.39, 0.29) is 23.4 Å². The first-order chi connectivity index (χ1) is 18.8. The highest BCUT2D eigenvalue weighted by Crippen LogP contribution is 2.32. The van der Waals surface area contributed by atoms with Crippen LogP contribution in [-0.4, -0.2) is 29.2 Å². The van der Waals surface area contributed by atoms with Crippen molar-refractivity contribution in [2.45, 2.75) is 19.9 Å². The Kier molecular flexibility index (Phi) is 6.99. The minimum absolute atomic E-state index is 0.0188. The molecule has 0 amide bonds. The van der Waals surface area contributed by atoms with Gasteiger partial charge in [0.05, 0.1) is 40.5 Å². The van der Waals surface area contributed by atoms with Crippen LogP contribution in [0.2, 0.25) is 0 Å². The van der Waals surface area contributed by atoms with Crippen LogP contribution in [0.25, 0.3) is 17.4 Å². The number of thiazole rings is 1. The Balaban J connectivity index is 1.60. The molecule has 1 aliphatic heterocycles. The number of rotatable bonds is 7. The predicted molar refractivity (Wildman–Crippen MR) is 144 cm³/mol. The lowest BCUT2D eigenvalue weighted by molar-refractivity contribution is -0.384. The third kappa shape index (κ3) is 4.91. The standard InChI is InChI=1S/C28H23N3O7S/c1-4-37-27(33)24-16(2)29-28-30(25(24)18-6-5-7-20(14-18)36-3)26(32)23(39-28)15-21-12-13-22(38-21)17-8-10-19(11-9-17)31(34)35/h5-15,25H,4H2,1-3H3/b23-15-/t25-/m1/s1. The Hall–Kier alpha value is -4.77. The molecule has 0 saturated carbocycles. The van der Waals surface area contributed by atoms with E-state index in [1.807, 2.05) is 6.07 Å². The molecule has 4 aromatic rings. The highest BCUT2D eigenvalue weighted by atomic mass is 32.1. The van der Waals surface area contributed by atoms with Crippen LogP contribution in [0, 0.1) is 10.1 Å². The molecular weight excluding hydrogens is 522 g/mol. The molecule has 1 atom stereocenters. The third-order valence-electron chi connectivity index (χ3n) is 6.19. The number of ether oxygens (including phenoxy) is 2. The largest absolute Gasteiger partial charge is 0.497 e. The molecule has 0 spiro atoms. The maximum Gasteiger partial charge on any atom is 0.338 e. The van der Waals surface area contributed by atoms with E-state index in [1.54, 1.807) is 69.5 Å². The summed E-state index contributed by atoms with van der Waals surface area (Å²) in [5, 5.41) is 10.9. The van der Waals surface area contributed by atoms with Gasteiger partial charge in [0.25, 0.3) is 11.2 Å². The smallest absolute Gasteiger partial charge is 0.338 e. The van der Waals surface area contributed by atoms with E-state index < -0.39 is 16.9 Å². The first-order valence-electron chi connectivity index (χ1n) is 12.0. The minimum Gasteiger partial charge on any atom is -0.497 e. The van der Waals surface area contributed by atoms with Gasteiger partial charge in [0.15, 0.2) is 4.80 Å². The number of hydrogen-bond donors (Lipinski definition) is 0. The number of furan rings is 1. The fourth-order valence-corrected chi connectivity index (χ4v) is 5.41. The van der Waals surface area contributed by atoms with Gasteiger partial charge >= 0.3 is 5.97 Å². The van der Waals surface area contributed by atoms with E-state index in [0.717, 1.165) is 0 Å². The van der Waals surface area contributed by atoms with Crippen LogP contribution >= 0.6 is 11.3 Å². The van der Waals surface area contributed by atoms with Crippen LogP contribution in [0.5, 0.6) is 5.75 Å². The summed E-state index contributed by atoms with van der Waals surface area (Å²) in [4.78, 5) is 42.2. The van der Waals surface area contributed by atoms with Gasteiger partial charge in [-0.25, -0.2) is 9.79 Å². The highest BCUT2D eigenvalue weighted by Gasteiger charge is 2.33. The van der Waals surface area contributed by atoms with Crippen molar-refractivity contribution in [3.05, 3.63) is 113 Å². The number of carbonyl (C=O) groups is 1. The van der Waals surface area contributed by atoms with E-state index in [9.17, 15) is 19.7 Å². The first kappa shape index (κ1) is 25.9. The van der Waals surface area contributed by atoms with Gasteiger partial charge in [-0.05, 0) is 55.8 Å². The van der Waals surface area contributed by atoms with Crippen LogP contribution in [-0.2, 0) is 9.53 Å². The predicted octanol–water partition coefficient (Wildman–Crippen LogP) is 3.98. The van der Waals surface area contributed by atoms with Gasteiger partial charge in [-0.2, -0.15) is 0 Å². The number of nitro benzene ring substituents is 1. The lowest BCUT2D eigenvalue weighted by Gasteiger charge is -2.24. The fourth-order valence-electron chi connectivity index (χ4n) is 4.38. The highest BCUT2D eigenvalue weighted by molar-refractivity contribution is 7.07. The summed E-state index contributed by atoms with van der Waals surface area (Å²) in [7, 11) is 1.55. The first-order valence-corrected chi connectivity index (χ1v) is 12.8.